The van der Waals surface area contributed by atoms with Gasteiger partial charge in [-0.05, 0) is 31.6 Å². The molecule has 0 bridgehead atoms. The van der Waals surface area contributed by atoms with Crippen LogP contribution in [-0.4, -0.2) is 53.3 Å². The number of aromatic nitrogens is 2. The second-order valence-electron chi connectivity index (χ2n) is 6.45. The van der Waals surface area contributed by atoms with Crippen LogP contribution in [0.25, 0.3) is 0 Å². The van der Waals surface area contributed by atoms with Crippen LogP contribution in [0.4, 0.5) is 4.79 Å². The van der Waals surface area contributed by atoms with E-state index in [0.717, 1.165) is 51.2 Å². The highest BCUT2D eigenvalue weighted by molar-refractivity contribution is 5.73. The summed E-state index contributed by atoms with van der Waals surface area (Å²) in [5, 5.41) is 3.00. The van der Waals surface area contributed by atoms with E-state index in [1.165, 1.54) is 6.42 Å². The number of nitrogens with one attached hydrogen (secondary N) is 1. The molecule has 0 spiro atoms. The van der Waals surface area contributed by atoms with Crippen molar-refractivity contribution in [3.63, 3.8) is 0 Å². The van der Waals surface area contributed by atoms with Gasteiger partial charge in [-0.3, -0.25) is 0 Å². The van der Waals surface area contributed by atoms with Gasteiger partial charge in [-0.2, -0.15) is 0 Å². The fraction of sp³-hybridized carbons (Fsp3) is 0.750. The molecule has 3 rings (SSSR count). The third kappa shape index (κ3) is 3.80. The highest BCUT2D eigenvalue weighted by atomic mass is 16.5. The number of urea groups is 1. The number of carbonyl (C=O) groups is 1. The molecule has 1 aromatic rings. The molecule has 1 saturated heterocycles. The zero-order valence-corrected chi connectivity index (χ0v) is 13.3. The Bertz CT molecular complexity index is 496. The number of nitrogens with zero attached hydrogens (tertiary/aromatic N) is 3. The van der Waals surface area contributed by atoms with Crippen molar-refractivity contribution in [1.29, 1.82) is 0 Å². The molecule has 0 unspecified atom stereocenters. The molecule has 6 nitrogen and oxygen atoms in total. The molecule has 122 valence electrons. The Morgan fingerprint density at radius 2 is 2.41 bits per heavy atom. The van der Waals surface area contributed by atoms with E-state index in [2.05, 4.69) is 14.9 Å². The van der Waals surface area contributed by atoms with Crippen LogP contribution in [0, 0.1) is 5.92 Å². The molecule has 6 heteroatoms. The summed E-state index contributed by atoms with van der Waals surface area (Å²) in [5.74, 6) is 1.64. The van der Waals surface area contributed by atoms with Crippen molar-refractivity contribution in [2.24, 2.45) is 5.92 Å². The van der Waals surface area contributed by atoms with E-state index in [9.17, 15) is 4.79 Å². The fourth-order valence-corrected chi connectivity index (χ4v) is 3.35. The van der Waals surface area contributed by atoms with Crippen LogP contribution < -0.4 is 5.32 Å². The van der Waals surface area contributed by atoms with Gasteiger partial charge < -0.3 is 19.5 Å². The lowest BCUT2D eigenvalue weighted by atomic mass is 9.97. The second-order valence-corrected chi connectivity index (χ2v) is 6.45. The van der Waals surface area contributed by atoms with E-state index in [-0.39, 0.29) is 12.1 Å². The zero-order valence-electron chi connectivity index (χ0n) is 13.3. The molecular formula is C16H26N4O2. The topological polar surface area (TPSA) is 59.4 Å². The third-order valence-corrected chi connectivity index (χ3v) is 4.68. The van der Waals surface area contributed by atoms with Crippen LogP contribution in [0.1, 0.15) is 31.5 Å². The first-order chi connectivity index (χ1) is 10.7. The van der Waals surface area contributed by atoms with Crippen molar-refractivity contribution in [2.75, 3.05) is 26.7 Å². The van der Waals surface area contributed by atoms with Crippen molar-refractivity contribution in [3.05, 3.63) is 18.2 Å². The number of imidazole rings is 1. The van der Waals surface area contributed by atoms with Crippen molar-refractivity contribution in [3.8, 4) is 0 Å². The fourth-order valence-electron chi connectivity index (χ4n) is 3.35. The molecule has 1 aromatic heterocycles. The molecule has 0 aliphatic carbocycles. The SMILES string of the molecule is CN(C[C@H]1CCn2ccnc2C1)C(=O)NC[C@@H]1CCCCO1. The molecule has 2 aliphatic heterocycles. The summed E-state index contributed by atoms with van der Waals surface area (Å²) in [5.41, 5.74) is 0. The number of carbonyl (C=O) groups excluding carboxylic acids is 1. The highest BCUT2D eigenvalue weighted by Gasteiger charge is 2.22. The van der Waals surface area contributed by atoms with Crippen LogP contribution in [0.3, 0.4) is 0 Å². The minimum Gasteiger partial charge on any atom is -0.376 e. The Kier molecular flexibility index (Phi) is 4.97. The van der Waals surface area contributed by atoms with Gasteiger partial charge in [0, 0.05) is 52.1 Å². The normalized spacial score (nSPS) is 24.6. The summed E-state index contributed by atoms with van der Waals surface area (Å²) in [7, 11) is 1.87. The molecule has 1 N–H and O–H groups in total. The first-order valence-electron chi connectivity index (χ1n) is 8.33. The van der Waals surface area contributed by atoms with Crippen molar-refractivity contribution in [1.82, 2.24) is 19.8 Å². The monoisotopic (exact) mass is 306 g/mol. The standard InChI is InChI=1S/C16H26N4O2/c1-19(16(21)18-11-14-4-2-3-9-22-14)12-13-5-7-20-8-6-17-15(20)10-13/h6,8,13-14H,2-5,7,9-12H2,1H3,(H,18,21)/t13-,14-/m0/s1. The number of ether oxygens (including phenoxy) is 1. The highest BCUT2D eigenvalue weighted by Crippen LogP contribution is 2.19. The number of aryl methyl sites for hydroxylation is 1. The number of hydrogen-bond donors (Lipinski definition) is 1. The Balaban J connectivity index is 1.41. The maximum absolute atomic E-state index is 12.2. The lowest BCUT2D eigenvalue weighted by Crippen LogP contribution is -2.44. The van der Waals surface area contributed by atoms with Crippen LogP contribution in [0.2, 0.25) is 0 Å². The van der Waals surface area contributed by atoms with Crippen LogP contribution in [0.15, 0.2) is 12.4 Å². The molecule has 22 heavy (non-hydrogen) atoms. The minimum absolute atomic E-state index is 0.00286. The predicted octanol–water partition coefficient (Wildman–Crippen LogP) is 1.66. The molecule has 2 atom stereocenters. The average molecular weight is 306 g/mol. The zero-order chi connectivity index (χ0) is 15.4. The molecule has 2 amide bonds. The summed E-state index contributed by atoms with van der Waals surface area (Å²) >= 11 is 0. The van der Waals surface area contributed by atoms with Crippen LogP contribution in [0.5, 0.6) is 0 Å². The Morgan fingerprint density at radius 3 is 3.23 bits per heavy atom. The first kappa shape index (κ1) is 15.3. The molecular weight excluding hydrogens is 280 g/mol. The first-order valence-corrected chi connectivity index (χ1v) is 8.33. The van der Waals surface area contributed by atoms with E-state index in [0.29, 0.717) is 12.5 Å². The van der Waals surface area contributed by atoms with Crippen LogP contribution >= 0.6 is 0 Å². The largest absolute Gasteiger partial charge is 0.376 e. The number of rotatable bonds is 4. The Hall–Kier alpha value is -1.56. The van der Waals surface area contributed by atoms with Gasteiger partial charge in [0.05, 0.1) is 6.10 Å². The van der Waals surface area contributed by atoms with Crippen LogP contribution in [-0.2, 0) is 17.7 Å². The van der Waals surface area contributed by atoms with Crippen molar-refractivity contribution < 1.29 is 9.53 Å². The summed E-state index contributed by atoms with van der Waals surface area (Å²) in [6.07, 6.45) is 9.53. The molecule has 0 saturated carbocycles. The van der Waals surface area contributed by atoms with Gasteiger partial charge >= 0.3 is 6.03 Å². The maximum Gasteiger partial charge on any atom is 0.317 e. The van der Waals surface area contributed by atoms with E-state index >= 15 is 0 Å². The summed E-state index contributed by atoms with van der Waals surface area (Å²) in [4.78, 5) is 18.4. The number of hydrogen-bond acceptors (Lipinski definition) is 3. The molecule has 3 heterocycles. The smallest absolute Gasteiger partial charge is 0.317 e. The van der Waals surface area contributed by atoms with E-state index in [1.54, 1.807) is 4.90 Å². The number of fused-ring (bicyclic) bond motifs is 1. The third-order valence-electron chi connectivity index (χ3n) is 4.68. The quantitative estimate of drug-likeness (QED) is 0.920. The van der Waals surface area contributed by atoms with Gasteiger partial charge in [0.1, 0.15) is 5.82 Å². The van der Waals surface area contributed by atoms with Gasteiger partial charge in [0.15, 0.2) is 0 Å². The predicted molar refractivity (Wildman–Crippen MR) is 83.7 cm³/mol. The van der Waals surface area contributed by atoms with Gasteiger partial charge in [-0.1, -0.05) is 0 Å². The van der Waals surface area contributed by atoms with Gasteiger partial charge in [0.25, 0.3) is 0 Å². The molecule has 2 aliphatic rings. The summed E-state index contributed by atoms with van der Waals surface area (Å²) in [6, 6.07) is 0.00286. The Morgan fingerprint density at radius 1 is 1.50 bits per heavy atom. The van der Waals surface area contributed by atoms with E-state index in [1.807, 2.05) is 19.4 Å². The summed E-state index contributed by atoms with van der Waals surface area (Å²) in [6.45, 7) is 3.24. The van der Waals surface area contributed by atoms with Gasteiger partial charge in [-0.25, -0.2) is 9.78 Å². The lowest BCUT2D eigenvalue weighted by molar-refractivity contribution is 0.0178. The second kappa shape index (κ2) is 7.13. The van der Waals surface area contributed by atoms with Gasteiger partial charge in [0.2, 0.25) is 0 Å². The number of amides is 2. The lowest BCUT2D eigenvalue weighted by Gasteiger charge is -2.29. The molecule has 0 aromatic carbocycles. The minimum atomic E-state index is 0.00286. The Labute approximate surface area is 131 Å². The summed E-state index contributed by atoms with van der Waals surface area (Å²) < 4.78 is 7.85. The molecule has 0 radical (unpaired) electrons. The van der Waals surface area contributed by atoms with E-state index < -0.39 is 0 Å². The average Bonchev–Trinajstić information content (AvgIpc) is 3.01. The molecule has 1 fully saturated rings. The van der Waals surface area contributed by atoms with Crippen molar-refractivity contribution in [2.45, 2.75) is 44.8 Å². The van der Waals surface area contributed by atoms with E-state index in [4.69, 9.17) is 4.74 Å². The van der Waals surface area contributed by atoms with Crippen molar-refractivity contribution >= 4 is 6.03 Å². The maximum atomic E-state index is 12.2. The van der Waals surface area contributed by atoms with Gasteiger partial charge in [-0.15, -0.1) is 0 Å².